The largest absolute Gasteiger partial charge is 0.472 e. The van der Waals surface area contributed by atoms with E-state index in [1.807, 2.05) is 0 Å². The minimum Gasteiger partial charge on any atom is -0.462 e. The Hall–Kier alpha value is -1.94. The molecule has 0 aliphatic rings. The van der Waals surface area contributed by atoms with Crippen LogP contribution in [0.15, 0.2) is 0 Å². The summed E-state index contributed by atoms with van der Waals surface area (Å²) in [6.07, 6.45) is 27.1. The normalized spacial score (nSPS) is 14.6. The fourth-order valence-corrected chi connectivity index (χ4v) is 9.22. The number of carbonyl (C=O) groups excluding carboxylic acids is 4. The average Bonchev–Trinajstić information content (AvgIpc) is 3.34. The fraction of sp³-hybridized carbons (Fsp3) is 0.925. The molecule has 0 radical (unpaired) electrons. The number of aliphatic hydroxyl groups excluding tert-OH is 1. The number of phosphoric acid groups is 2. The lowest BCUT2D eigenvalue weighted by Crippen LogP contribution is -2.30. The Morgan fingerprint density at radius 1 is 0.375 bits per heavy atom. The molecule has 0 fully saturated rings. The molecule has 0 aromatic carbocycles. The highest BCUT2D eigenvalue weighted by Crippen LogP contribution is 2.45. The maximum atomic E-state index is 12.8. The van der Waals surface area contributed by atoms with Crippen molar-refractivity contribution >= 4 is 39.5 Å². The van der Waals surface area contributed by atoms with Crippen molar-refractivity contribution < 1.29 is 80.2 Å². The lowest BCUT2D eigenvalue weighted by atomic mass is 10.0. The molecule has 5 atom stereocenters. The summed E-state index contributed by atoms with van der Waals surface area (Å²) in [4.78, 5) is 71.3. The first-order valence-corrected chi connectivity index (χ1v) is 31.1. The highest BCUT2D eigenvalue weighted by molar-refractivity contribution is 7.47. The lowest BCUT2D eigenvalue weighted by Gasteiger charge is -2.21. The lowest BCUT2D eigenvalue weighted by molar-refractivity contribution is -0.161. The van der Waals surface area contributed by atoms with Crippen LogP contribution in [0.5, 0.6) is 0 Å². The Bertz CT molecular complexity index is 1430. The molecule has 0 spiro atoms. The van der Waals surface area contributed by atoms with Gasteiger partial charge in [-0.05, 0) is 31.6 Å². The van der Waals surface area contributed by atoms with Crippen LogP contribution < -0.4 is 0 Å². The molecule has 0 saturated heterocycles. The van der Waals surface area contributed by atoms with E-state index in [-0.39, 0.29) is 25.7 Å². The highest BCUT2D eigenvalue weighted by atomic mass is 31.2. The molecule has 0 heterocycles. The second-order valence-electron chi connectivity index (χ2n) is 19.7. The van der Waals surface area contributed by atoms with Crippen LogP contribution in [0.4, 0.5) is 0 Å². The highest BCUT2D eigenvalue weighted by Gasteiger charge is 2.30. The van der Waals surface area contributed by atoms with Gasteiger partial charge in [0.05, 0.1) is 26.4 Å². The van der Waals surface area contributed by atoms with Crippen molar-refractivity contribution in [2.45, 2.75) is 271 Å². The maximum Gasteiger partial charge on any atom is 0.472 e. The van der Waals surface area contributed by atoms with Gasteiger partial charge in [-0.1, -0.05) is 202 Å². The quantitative estimate of drug-likeness (QED) is 0.0222. The smallest absolute Gasteiger partial charge is 0.462 e. The molecule has 0 aromatic rings. The summed E-state index contributed by atoms with van der Waals surface area (Å²) < 4.78 is 67.2. The fourth-order valence-electron chi connectivity index (χ4n) is 7.64. The van der Waals surface area contributed by atoms with Crippen molar-refractivity contribution in [1.29, 1.82) is 0 Å². The number of phosphoric ester groups is 2. The standard InChI is InChI=1S/C53H102O17P2/c1-6-9-12-15-17-19-21-27-32-37-51(56)64-43-49(70-53(58)39-34-29-24-23-26-30-35-46(4)5)45-68-72(61,62)66-41-47(54)40-65-71(59,60)67-44-48(42-63-50(55)36-31-25-14-11-8-3)69-52(57)38-33-28-22-20-18-16-13-10-7-2/h46-49,54H,6-45H2,1-5H3,(H,59,60)(H,61,62)/t47-,48+,49+/m0/s1. The predicted molar refractivity (Wildman–Crippen MR) is 280 cm³/mol. The Balaban J connectivity index is 5.18. The number of hydrogen-bond acceptors (Lipinski definition) is 15. The second-order valence-corrected chi connectivity index (χ2v) is 22.6. The first-order chi connectivity index (χ1) is 34.5. The summed E-state index contributed by atoms with van der Waals surface area (Å²) in [5.41, 5.74) is 0. The molecule has 19 heteroatoms. The van der Waals surface area contributed by atoms with Gasteiger partial charge in [-0.3, -0.25) is 37.3 Å². The summed E-state index contributed by atoms with van der Waals surface area (Å²) in [5, 5.41) is 10.4. The van der Waals surface area contributed by atoms with Gasteiger partial charge in [-0.25, -0.2) is 9.13 Å². The minimum absolute atomic E-state index is 0.102. The third-order valence-corrected chi connectivity index (χ3v) is 13.9. The second kappa shape index (κ2) is 47.5. The van der Waals surface area contributed by atoms with Gasteiger partial charge in [-0.15, -0.1) is 0 Å². The minimum atomic E-state index is -4.93. The molecule has 426 valence electrons. The molecular weight excluding hydrogens is 971 g/mol. The third kappa shape index (κ3) is 47.8. The molecule has 3 N–H and O–H groups in total. The molecule has 0 aliphatic carbocycles. The van der Waals surface area contributed by atoms with Gasteiger partial charge >= 0.3 is 39.5 Å². The third-order valence-electron chi connectivity index (χ3n) is 12.0. The summed E-state index contributed by atoms with van der Waals surface area (Å²) in [7, 11) is -9.85. The zero-order valence-electron chi connectivity index (χ0n) is 45.5. The van der Waals surface area contributed by atoms with Crippen LogP contribution in [-0.2, 0) is 65.4 Å². The first-order valence-electron chi connectivity index (χ1n) is 28.1. The molecule has 0 bridgehead atoms. The van der Waals surface area contributed by atoms with Crippen LogP contribution in [0, 0.1) is 5.92 Å². The SMILES string of the molecule is CCCCCCCCCCCC(=O)OC[C@H](COP(=O)(O)OC[C@@H](O)COP(=O)(O)OC[C@@H](COC(=O)CCCCCCC)OC(=O)CCCCCCCCCCC)OC(=O)CCCCCCCCC(C)C. The van der Waals surface area contributed by atoms with E-state index >= 15 is 0 Å². The molecule has 0 saturated carbocycles. The Kier molecular flexibility index (Phi) is 46.2. The summed E-state index contributed by atoms with van der Waals surface area (Å²) in [5.74, 6) is -1.50. The molecule has 0 amide bonds. The maximum absolute atomic E-state index is 12.8. The number of unbranched alkanes of at least 4 members (excludes halogenated alkanes) is 25. The number of esters is 4. The van der Waals surface area contributed by atoms with Crippen molar-refractivity contribution in [2.24, 2.45) is 5.92 Å². The van der Waals surface area contributed by atoms with Crippen LogP contribution in [0.2, 0.25) is 0 Å². The van der Waals surface area contributed by atoms with Gasteiger partial charge in [0.1, 0.15) is 19.3 Å². The van der Waals surface area contributed by atoms with Crippen molar-refractivity contribution in [1.82, 2.24) is 0 Å². The number of rotatable bonds is 53. The van der Waals surface area contributed by atoms with Crippen LogP contribution in [0.3, 0.4) is 0 Å². The molecule has 2 unspecified atom stereocenters. The van der Waals surface area contributed by atoms with Crippen molar-refractivity contribution in [2.75, 3.05) is 39.6 Å². The van der Waals surface area contributed by atoms with Crippen molar-refractivity contribution in [3.05, 3.63) is 0 Å². The van der Waals surface area contributed by atoms with Gasteiger partial charge in [0.15, 0.2) is 12.2 Å². The van der Waals surface area contributed by atoms with E-state index in [2.05, 4.69) is 34.6 Å². The first kappa shape index (κ1) is 70.1. The van der Waals surface area contributed by atoms with Crippen LogP contribution in [0.25, 0.3) is 0 Å². The molecule has 0 aliphatic heterocycles. The van der Waals surface area contributed by atoms with Gasteiger partial charge in [-0.2, -0.15) is 0 Å². The van der Waals surface area contributed by atoms with Gasteiger partial charge in [0.25, 0.3) is 0 Å². The number of carbonyl (C=O) groups is 4. The van der Waals surface area contributed by atoms with Gasteiger partial charge in [0.2, 0.25) is 0 Å². The summed E-state index contributed by atoms with van der Waals surface area (Å²) in [6.45, 7) is 6.89. The zero-order chi connectivity index (χ0) is 53.6. The van der Waals surface area contributed by atoms with Gasteiger partial charge in [0, 0.05) is 25.7 Å². The van der Waals surface area contributed by atoms with E-state index in [1.54, 1.807) is 0 Å². The molecule has 0 rings (SSSR count). The van der Waals surface area contributed by atoms with E-state index in [0.29, 0.717) is 31.6 Å². The molecular formula is C53H102O17P2. The van der Waals surface area contributed by atoms with Gasteiger partial charge < -0.3 is 33.8 Å². The average molecular weight is 1070 g/mol. The van der Waals surface area contributed by atoms with E-state index < -0.39 is 97.5 Å². The molecule has 0 aromatic heterocycles. The Labute approximate surface area is 435 Å². The summed E-state index contributed by atoms with van der Waals surface area (Å²) >= 11 is 0. The Morgan fingerprint density at radius 2 is 0.639 bits per heavy atom. The van der Waals surface area contributed by atoms with Crippen LogP contribution in [-0.4, -0.2) is 96.7 Å². The van der Waals surface area contributed by atoms with E-state index in [0.717, 1.165) is 96.3 Å². The molecule has 72 heavy (non-hydrogen) atoms. The summed E-state index contributed by atoms with van der Waals surface area (Å²) in [6, 6.07) is 0. The Morgan fingerprint density at radius 3 is 0.944 bits per heavy atom. The van der Waals surface area contributed by atoms with Crippen molar-refractivity contribution in [3.63, 3.8) is 0 Å². The van der Waals surface area contributed by atoms with E-state index in [1.165, 1.54) is 70.6 Å². The number of aliphatic hydroxyl groups is 1. The molecule has 17 nitrogen and oxygen atoms in total. The van der Waals surface area contributed by atoms with E-state index in [4.69, 9.17) is 37.0 Å². The van der Waals surface area contributed by atoms with E-state index in [9.17, 15) is 43.2 Å². The number of ether oxygens (including phenoxy) is 4. The monoisotopic (exact) mass is 1070 g/mol. The topological polar surface area (TPSA) is 237 Å². The zero-order valence-corrected chi connectivity index (χ0v) is 47.3. The van der Waals surface area contributed by atoms with Crippen molar-refractivity contribution in [3.8, 4) is 0 Å². The number of hydrogen-bond donors (Lipinski definition) is 3. The predicted octanol–water partition coefficient (Wildman–Crippen LogP) is 13.5. The van der Waals surface area contributed by atoms with Crippen LogP contribution in [0.1, 0.15) is 253 Å². The van der Waals surface area contributed by atoms with Crippen LogP contribution >= 0.6 is 15.6 Å².